The number of nitrogens with zero attached hydrogens (tertiary/aromatic N) is 3. The first kappa shape index (κ1) is 16.9. The van der Waals surface area contributed by atoms with E-state index in [-0.39, 0.29) is 6.03 Å². The monoisotopic (exact) mass is 378 g/mol. The van der Waals surface area contributed by atoms with E-state index >= 15 is 0 Å². The maximum Gasteiger partial charge on any atom is 0.344 e. The Hall–Kier alpha value is -1.56. The van der Waals surface area contributed by atoms with Gasteiger partial charge in [0.2, 0.25) is 0 Å². The minimum absolute atomic E-state index is 0.0769. The Morgan fingerprint density at radius 1 is 1.12 bits per heavy atom. The summed E-state index contributed by atoms with van der Waals surface area (Å²) in [5.74, 6) is 1.13. The fourth-order valence-corrected chi connectivity index (χ4v) is 4.30. The van der Waals surface area contributed by atoms with Crippen molar-refractivity contribution < 1.29 is 4.79 Å². The second-order valence-electron chi connectivity index (χ2n) is 6.99. The fraction of sp³-hybridized carbons (Fsp3) is 0.444. The van der Waals surface area contributed by atoms with Gasteiger partial charge in [-0.05, 0) is 42.4 Å². The van der Waals surface area contributed by atoms with Crippen molar-refractivity contribution in [3.63, 3.8) is 0 Å². The van der Waals surface area contributed by atoms with E-state index in [1.54, 1.807) is 6.20 Å². The highest BCUT2D eigenvalue weighted by Gasteiger charge is 2.42. The molecule has 1 amide bonds. The Morgan fingerprint density at radius 3 is 2.40 bits per heavy atom. The molecule has 1 aromatic carbocycles. The summed E-state index contributed by atoms with van der Waals surface area (Å²) in [4.78, 5) is 14.3. The molecular weight excluding hydrogens is 359 g/mol. The highest BCUT2D eigenvalue weighted by Crippen LogP contribution is 2.38. The Bertz CT molecular complexity index is 747. The lowest BCUT2D eigenvalue weighted by Gasteiger charge is -2.19. The van der Waals surface area contributed by atoms with Gasteiger partial charge in [0.25, 0.3) is 0 Å². The number of fused-ring (bicyclic) bond motifs is 1. The molecule has 1 aromatic heterocycles. The van der Waals surface area contributed by atoms with E-state index in [1.807, 2.05) is 17.0 Å². The molecule has 1 saturated carbocycles. The Morgan fingerprint density at radius 2 is 1.80 bits per heavy atom. The largest absolute Gasteiger partial charge is 0.344 e. The van der Waals surface area contributed by atoms with E-state index in [9.17, 15) is 4.79 Å². The van der Waals surface area contributed by atoms with Crippen molar-refractivity contribution in [1.29, 1.82) is 0 Å². The van der Waals surface area contributed by atoms with Crippen LogP contribution in [0.5, 0.6) is 0 Å². The third-order valence-corrected chi connectivity index (χ3v) is 5.72. The zero-order valence-corrected chi connectivity index (χ0v) is 15.2. The van der Waals surface area contributed by atoms with Crippen LogP contribution in [-0.2, 0) is 6.54 Å². The molecule has 0 bridgehead atoms. The number of rotatable bonds is 3. The summed E-state index contributed by atoms with van der Waals surface area (Å²) in [5, 5.41) is 8.91. The zero-order valence-electron chi connectivity index (χ0n) is 13.7. The fourth-order valence-electron chi connectivity index (χ4n) is 4.04. The van der Waals surface area contributed by atoms with Crippen molar-refractivity contribution in [2.24, 2.45) is 11.8 Å². The SMILES string of the molecule is O=C(N1C[C@H]2C[C@@H](NCc3ccc(Cl)cc3)C[C@H]2C1)n1cc(Cl)cn1. The van der Waals surface area contributed by atoms with Gasteiger partial charge in [-0.3, -0.25) is 0 Å². The molecule has 0 spiro atoms. The van der Waals surface area contributed by atoms with Crippen LogP contribution in [0.25, 0.3) is 0 Å². The van der Waals surface area contributed by atoms with Crippen LogP contribution in [0.3, 0.4) is 0 Å². The van der Waals surface area contributed by atoms with Crippen LogP contribution in [0.4, 0.5) is 4.79 Å². The smallest absolute Gasteiger partial charge is 0.322 e. The van der Waals surface area contributed by atoms with Gasteiger partial charge in [0.1, 0.15) is 0 Å². The molecule has 5 nitrogen and oxygen atoms in total. The zero-order chi connectivity index (χ0) is 17.4. The number of hydrogen-bond acceptors (Lipinski definition) is 3. The highest BCUT2D eigenvalue weighted by atomic mass is 35.5. The van der Waals surface area contributed by atoms with Gasteiger partial charge in [-0.25, -0.2) is 4.79 Å². The van der Waals surface area contributed by atoms with Gasteiger partial charge in [-0.15, -0.1) is 0 Å². The van der Waals surface area contributed by atoms with Gasteiger partial charge in [0, 0.05) is 30.7 Å². The highest BCUT2D eigenvalue weighted by molar-refractivity contribution is 6.30. The van der Waals surface area contributed by atoms with Crippen LogP contribution in [0.1, 0.15) is 18.4 Å². The lowest BCUT2D eigenvalue weighted by atomic mass is 10.0. The molecule has 1 N–H and O–H groups in total. The normalized spacial score (nSPS) is 25.4. The van der Waals surface area contributed by atoms with Gasteiger partial charge in [0.05, 0.1) is 17.4 Å². The van der Waals surface area contributed by atoms with Gasteiger partial charge in [-0.2, -0.15) is 9.78 Å². The molecule has 4 rings (SSSR count). The van der Waals surface area contributed by atoms with Crippen molar-refractivity contribution in [3.8, 4) is 0 Å². The lowest BCUT2D eigenvalue weighted by Crippen LogP contribution is -2.35. The van der Waals surface area contributed by atoms with Crippen molar-refractivity contribution in [1.82, 2.24) is 20.0 Å². The molecule has 132 valence electrons. The van der Waals surface area contributed by atoms with E-state index < -0.39 is 0 Å². The number of nitrogens with one attached hydrogen (secondary N) is 1. The van der Waals surface area contributed by atoms with Crippen molar-refractivity contribution >= 4 is 29.2 Å². The maximum absolute atomic E-state index is 12.5. The van der Waals surface area contributed by atoms with Crippen LogP contribution in [0.2, 0.25) is 10.0 Å². The molecule has 7 heteroatoms. The minimum Gasteiger partial charge on any atom is -0.322 e. The standard InChI is InChI=1S/C18H20Cl2N4O/c19-15-3-1-12(2-4-15)7-21-17-5-13-9-23(10-14(13)6-17)18(25)24-11-16(20)8-22-24/h1-4,8,11,13-14,17,21H,5-7,9-10H2/t13-,14+,17-. The summed E-state index contributed by atoms with van der Waals surface area (Å²) in [6.45, 7) is 2.47. The van der Waals surface area contributed by atoms with E-state index in [2.05, 4.69) is 22.5 Å². The number of aromatic nitrogens is 2. The summed E-state index contributed by atoms with van der Waals surface area (Å²) >= 11 is 11.8. The van der Waals surface area contributed by atoms with Crippen LogP contribution in [0.15, 0.2) is 36.7 Å². The number of benzene rings is 1. The summed E-state index contributed by atoms with van der Waals surface area (Å²) in [7, 11) is 0. The lowest BCUT2D eigenvalue weighted by molar-refractivity contribution is 0.202. The average Bonchev–Trinajstić information content (AvgIpc) is 3.28. The second-order valence-corrected chi connectivity index (χ2v) is 7.86. The summed E-state index contributed by atoms with van der Waals surface area (Å²) in [6.07, 6.45) is 5.28. The molecule has 2 aliphatic rings. The number of carbonyl (C=O) groups excluding carboxylic acids is 1. The number of amides is 1. The predicted octanol–water partition coefficient (Wildman–Crippen LogP) is 3.66. The maximum atomic E-state index is 12.5. The van der Waals surface area contributed by atoms with Crippen LogP contribution >= 0.6 is 23.2 Å². The number of halogens is 2. The molecule has 2 heterocycles. The summed E-state index contributed by atoms with van der Waals surface area (Å²) in [5.41, 5.74) is 1.24. The third-order valence-electron chi connectivity index (χ3n) is 5.28. The molecule has 2 aromatic rings. The van der Waals surface area contributed by atoms with Crippen LogP contribution < -0.4 is 5.32 Å². The van der Waals surface area contributed by atoms with Gasteiger partial charge in [0.15, 0.2) is 0 Å². The number of hydrogen-bond donors (Lipinski definition) is 1. The number of likely N-dealkylation sites (tertiary alicyclic amines) is 1. The molecule has 25 heavy (non-hydrogen) atoms. The van der Waals surface area contributed by atoms with Gasteiger partial charge < -0.3 is 10.2 Å². The molecular formula is C18H20Cl2N4O. The van der Waals surface area contributed by atoms with Crippen LogP contribution in [-0.4, -0.2) is 39.8 Å². The Balaban J connectivity index is 1.28. The molecule has 1 aliphatic heterocycles. The minimum atomic E-state index is -0.0769. The quantitative estimate of drug-likeness (QED) is 0.886. The molecule has 0 radical (unpaired) electrons. The number of carbonyl (C=O) groups is 1. The topological polar surface area (TPSA) is 50.2 Å². The van der Waals surface area contributed by atoms with Gasteiger partial charge in [-0.1, -0.05) is 35.3 Å². The Kier molecular flexibility index (Phi) is 4.71. The van der Waals surface area contributed by atoms with Crippen molar-refractivity contribution in [2.75, 3.05) is 13.1 Å². The molecule has 2 fully saturated rings. The molecule has 3 atom stereocenters. The van der Waals surface area contributed by atoms with E-state index in [4.69, 9.17) is 23.2 Å². The Labute approximate surface area is 156 Å². The van der Waals surface area contributed by atoms with Crippen LogP contribution in [0, 0.1) is 11.8 Å². The molecule has 0 unspecified atom stereocenters. The third kappa shape index (κ3) is 3.68. The predicted molar refractivity (Wildman–Crippen MR) is 97.9 cm³/mol. The van der Waals surface area contributed by atoms with Crippen molar-refractivity contribution in [3.05, 3.63) is 52.3 Å². The first-order valence-corrected chi connectivity index (χ1v) is 9.31. The van der Waals surface area contributed by atoms with Gasteiger partial charge >= 0.3 is 6.03 Å². The first-order chi connectivity index (χ1) is 12.1. The van der Waals surface area contributed by atoms with Crippen molar-refractivity contribution in [2.45, 2.75) is 25.4 Å². The second kappa shape index (κ2) is 6.98. The summed E-state index contributed by atoms with van der Waals surface area (Å²) in [6, 6.07) is 8.40. The molecule has 1 saturated heterocycles. The van der Waals surface area contributed by atoms with E-state index in [0.29, 0.717) is 22.9 Å². The van der Waals surface area contributed by atoms with E-state index in [1.165, 1.54) is 16.4 Å². The van der Waals surface area contributed by atoms with E-state index in [0.717, 1.165) is 37.5 Å². The average molecular weight is 379 g/mol. The molecule has 1 aliphatic carbocycles. The first-order valence-electron chi connectivity index (χ1n) is 8.56. The summed E-state index contributed by atoms with van der Waals surface area (Å²) < 4.78 is 1.33.